The molecule has 0 radical (unpaired) electrons. The van der Waals surface area contributed by atoms with Gasteiger partial charge in [0.2, 0.25) is 0 Å². The van der Waals surface area contributed by atoms with E-state index in [0.29, 0.717) is 0 Å². The summed E-state index contributed by atoms with van der Waals surface area (Å²) in [4.78, 5) is 2.21. The fourth-order valence-electron chi connectivity index (χ4n) is 3.11. The quantitative estimate of drug-likeness (QED) is 0.420. The SMILES string of the molecule is CN(C)CCCn1c2ccccc2c(=NNC(N)=S)c2ccccc21. The normalized spacial score (nSPS) is 11.2. The van der Waals surface area contributed by atoms with Gasteiger partial charge in [-0.05, 0) is 51.4 Å². The van der Waals surface area contributed by atoms with E-state index < -0.39 is 0 Å². The summed E-state index contributed by atoms with van der Waals surface area (Å²) in [5, 5.41) is 7.66. The first-order chi connectivity index (χ1) is 12.1. The van der Waals surface area contributed by atoms with E-state index in [1.807, 2.05) is 12.1 Å². The van der Waals surface area contributed by atoms with Crippen molar-refractivity contribution in [2.45, 2.75) is 13.0 Å². The summed E-state index contributed by atoms with van der Waals surface area (Å²) in [7, 11) is 4.20. The van der Waals surface area contributed by atoms with Gasteiger partial charge in [0.1, 0.15) is 5.36 Å². The van der Waals surface area contributed by atoms with Gasteiger partial charge in [0.25, 0.3) is 0 Å². The van der Waals surface area contributed by atoms with Crippen molar-refractivity contribution in [1.82, 2.24) is 14.9 Å². The molecule has 3 N–H and O–H groups in total. The van der Waals surface area contributed by atoms with Gasteiger partial charge in [0.05, 0.1) is 11.0 Å². The van der Waals surface area contributed by atoms with E-state index in [4.69, 9.17) is 18.0 Å². The van der Waals surface area contributed by atoms with Crippen LogP contribution >= 0.6 is 12.2 Å². The summed E-state index contributed by atoms with van der Waals surface area (Å²) in [6, 6.07) is 16.6. The van der Waals surface area contributed by atoms with Crippen LogP contribution in [0, 0.1) is 0 Å². The van der Waals surface area contributed by atoms with Gasteiger partial charge in [0.15, 0.2) is 5.11 Å². The van der Waals surface area contributed by atoms with Crippen LogP contribution < -0.4 is 16.5 Å². The number of benzene rings is 2. The van der Waals surface area contributed by atoms with Crippen molar-refractivity contribution in [1.29, 1.82) is 0 Å². The van der Waals surface area contributed by atoms with Crippen molar-refractivity contribution in [3.05, 3.63) is 53.9 Å². The van der Waals surface area contributed by atoms with E-state index in [1.54, 1.807) is 0 Å². The number of nitrogens with one attached hydrogen (secondary N) is 1. The molecule has 0 amide bonds. The Bertz CT molecular complexity index is 914. The number of thiocarbonyl (C=S) groups is 1. The Morgan fingerprint density at radius 1 is 1.08 bits per heavy atom. The standard InChI is InChI=1S/C19H23N5S/c1-23(2)12-7-13-24-16-10-5-3-8-14(16)18(21-22-19(20)25)15-9-4-6-11-17(15)24/h3-6,8-11H,7,12-13H2,1-2H3,(H3,20,22,25). The fourth-order valence-corrected chi connectivity index (χ4v) is 3.16. The third kappa shape index (κ3) is 3.81. The van der Waals surface area contributed by atoms with E-state index >= 15 is 0 Å². The molecule has 3 aromatic rings. The summed E-state index contributed by atoms with van der Waals surface area (Å²) in [6.07, 6.45) is 1.08. The molecule has 0 fully saturated rings. The molecule has 0 bridgehead atoms. The number of para-hydroxylation sites is 2. The van der Waals surface area contributed by atoms with Gasteiger partial charge in [-0.1, -0.05) is 36.4 Å². The van der Waals surface area contributed by atoms with Gasteiger partial charge < -0.3 is 15.2 Å². The van der Waals surface area contributed by atoms with Crippen LogP contribution in [0.2, 0.25) is 0 Å². The Hall–Kier alpha value is -2.44. The molecule has 2 aromatic carbocycles. The van der Waals surface area contributed by atoms with Gasteiger partial charge in [-0.25, -0.2) is 0 Å². The summed E-state index contributed by atoms with van der Waals surface area (Å²) in [5.74, 6) is 0. The van der Waals surface area contributed by atoms with Crippen molar-refractivity contribution in [2.24, 2.45) is 10.8 Å². The van der Waals surface area contributed by atoms with Crippen LogP contribution in [0.1, 0.15) is 6.42 Å². The Morgan fingerprint density at radius 3 is 2.16 bits per heavy atom. The minimum absolute atomic E-state index is 0.163. The number of nitrogens with zero attached hydrogens (tertiary/aromatic N) is 3. The van der Waals surface area contributed by atoms with Crippen LogP contribution in [0.3, 0.4) is 0 Å². The lowest BCUT2D eigenvalue weighted by molar-refractivity contribution is 0.389. The summed E-state index contributed by atoms with van der Waals surface area (Å²) < 4.78 is 2.37. The van der Waals surface area contributed by atoms with Gasteiger partial charge in [-0.15, -0.1) is 0 Å². The van der Waals surface area contributed by atoms with Crippen molar-refractivity contribution in [3.63, 3.8) is 0 Å². The minimum Gasteiger partial charge on any atom is -0.375 e. The predicted octanol–water partition coefficient (Wildman–Crippen LogP) is 2.40. The zero-order valence-electron chi connectivity index (χ0n) is 14.6. The average Bonchev–Trinajstić information content (AvgIpc) is 2.60. The molecule has 0 aliphatic carbocycles. The molecular weight excluding hydrogens is 330 g/mol. The maximum Gasteiger partial charge on any atom is 0.184 e. The number of rotatable bonds is 5. The van der Waals surface area contributed by atoms with Crippen molar-refractivity contribution in [2.75, 3.05) is 20.6 Å². The Kier molecular flexibility index (Phi) is 5.31. The maximum atomic E-state index is 5.57. The highest BCUT2D eigenvalue weighted by Crippen LogP contribution is 2.19. The minimum atomic E-state index is 0.163. The average molecular weight is 353 g/mol. The van der Waals surface area contributed by atoms with E-state index in [2.05, 4.69) is 70.5 Å². The molecule has 3 rings (SSSR count). The molecule has 1 heterocycles. The third-order valence-electron chi connectivity index (χ3n) is 4.16. The summed E-state index contributed by atoms with van der Waals surface area (Å²) >= 11 is 4.91. The molecule has 0 saturated heterocycles. The van der Waals surface area contributed by atoms with Crippen LogP contribution in [0.25, 0.3) is 21.8 Å². The van der Waals surface area contributed by atoms with Crippen LogP contribution in [-0.2, 0) is 6.54 Å². The zero-order chi connectivity index (χ0) is 17.8. The molecule has 1 aromatic heterocycles. The molecule has 25 heavy (non-hydrogen) atoms. The lowest BCUT2D eigenvalue weighted by Crippen LogP contribution is -2.27. The number of aromatic nitrogens is 1. The van der Waals surface area contributed by atoms with Crippen LogP contribution in [0.4, 0.5) is 0 Å². The molecule has 130 valence electrons. The second-order valence-electron chi connectivity index (χ2n) is 6.28. The monoisotopic (exact) mass is 353 g/mol. The Balaban J connectivity index is 2.26. The highest BCUT2D eigenvalue weighted by atomic mass is 32.1. The van der Waals surface area contributed by atoms with E-state index in [9.17, 15) is 0 Å². The largest absolute Gasteiger partial charge is 0.375 e. The lowest BCUT2D eigenvalue weighted by atomic mass is 10.1. The lowest BCUT2D eigenvalue weighted by Gasteiger charge is -2.17. The molecule has 0 atom stereocenters. The number of fused-ring (bicyclic) bond motifs is 2. The first-order valence-corrected chi connectivity index (χ1v) is 8.73. The zero-order valence-corrected chi connectivity index (χ0v) is 15.4. The molecule has 0 aliphatic heterocycles. The molecule has 0 aliphatic rings. The molecule has 6 heteroatoms. The van der Waals surface area contributed by atoms with Crippen molar-refractivity contribution >= 4 is 39.1 Å². The molecule has 0 unspecified atom stereocenters. The van der Waals surface area contributed by atoms with E-state index in [0.717, 1.165) is 46.7 Å². The second kappa shape index (κ2) is 7.63. The number of hydrogen-bond acceptors (Lipinski definition) is 3. The fraction of sp³-hybridized carbons (Fsp3) is 0.263. The third-order valence-corrected chi connectivity index (χ3v) is 4.26. The smallest absolute Gasteiger partial charge is 0.184 e. The number of pyridine rings is 1. The van der Waals surface area contributed by atoms with Crippen molar-refractivity contribution in [3.8, 4) is 0 Å². The van der Waals surface area contributed by atoms with Gasteiger partial charge >= 0.3 is 0 Å². The first-order valence-electron chi connectivity index (χ1n) is 8.32. The van der Waals surface area contributed by atoms with E-state index in [1.165, 1.54) is 0 Å². The van der Waals surface area contributed by atoms with Crippen LogP contribution in [0.5, 0.6) is 0 Å². The molecule has 0 spiro atoms. The molecule has 0 saturated carbocycles. The Morgan fingerprint density at radius 2 is 1.64 bits per heavy atom. The number of aryl methyl sites for hydroxylation is 1. The van der Waals surface area contributed by atoms with Gasteiger partial charge in [-0.3, -0.25) is 5.43 Å². The first kappa shape index (κ1) is 17.4. The van der Waals surface area contributed by atoms with Gasteiger partial charge in [-0.2, -0.15) is 5.10 Å². The summed E-state index contributed by atoms with van der Waals surface area (Å²) in [5.41, 5.74) is 10.6. The topological polar surface area (TPSA) is 58.6 Å². The number of hydrogen-bond donors (Lipinski definition) is 2. The highest BCUT2D eigenvalue weighted by Gasteiger charge is 2.09. The van der Waals surface area contributed by atoms with Gasteiger partial charge in [0, 0.05) is 17.3 Å². The van der Waals surface area contributed by atoms with Crippen molar-refractivity contribution < 1.29 is 0 Å². The van der Waals surface area contributed by atoms with Crippen LogP contribution in [-0.4, -0.2) is 35.2 Å². The maximum absolute atomic E-state index is 5.57. The summed E-state index contributed by atoms with van der Waals surface area (Å²) in [6.45, 7) is 1.99. The Labute approximate surface area is 152 Å². The molecular formula is C19H23N5S. The number of nitrogens with two attached hydrogens (primary N) is 1. The second-order valence-corrected chi connectivity index (χ2v) is 6.72. The highest BCUT2D eigenvalue weighted by molar-refractivity contribution is 7.80. The predicted molar refractivity (Wildman–Crippen MR) is 108 cm³/mol. The van der Waals surface area contributed by atoms with E-state index in [-0.39, 0.29) is 5.11 Å². The molecule has 5 nitrogen and oxygen atoms in total. The van der Waals surface area contributed by atoms with Crippen LogP contribution in [0.15, 0.2) is 53.6 Å².